The van der Waals surface area contributed by atoms with Gasteiger partial charge in [0.1, 0.15) is 5.69 Å². The highest BCUT2D eigenvalue weighted by molar-refractivity contribution is 6.03. The van der Waals surface area contributed by atoms with Crippen LogP contribution in [0.4, 0.5) is 5.82 Å². The van der Waals surface area contributed by atoms with Gasteiger partial charge >= 0.3 is 5.97 Å². The van der Waals surface area contributed by atoms with Crippen LogP contribution in [0.2, 0.25) is 0 Å². The van der Waals surface area contributed by atoms with E-state index in [2.05, 4.69) is 20.1 Å². The van der Waals surface area contributed by atoms with Gasteiger partial charge < -0.3 is 15.2 Å². The molecule has 0 atom stereocenters. The third kappa shape index (κ3) is 3.85. The Bertz CT molecular complexity index is 724. The third-order valence-electron chi connectivity index (χ3n) is 3.01. The fraction of sp³-hybridized carbons (Fsp3) is 0.333. The number of ether oxygens (including phenoxy) is 1. The predicted octanol–water partition coefficient (Wildman–Crippen LogP) is 1.68. The van der Waals surface area contributed by atoms with Crippen LogP contribution in [0.25, 0.3) is 0 Å². The largest absolute Gasteiger partial charge is 0.504 e. The summed E-state index contributed by atoms with van der Waals surface area (Å²) in [6.45, 7) is 4.63. The van der Waals surface area contributed by atoms with Crippen LogP contribution in [-0.2, 0) is 11.3 Å². The zero-order valence-electron chi connectivity index (χ0n) is 13.1. The molecule has 2 heterocycles. The Balaban J connectivity index is 2.18. The lowest BCUT2D eigenvalue weighted by Crippen LogP contribution is -2.20. The first kappa shape index (κ1) is 16.5. The molecule has 2 aromatic heterocycles. The van der Waals surface area contributed by atoms with E-state index in [-0.39, 0.29) is 17.1 Å². The van der Waals surface area contributed by atoms with Crippen LogP contribution in [0.5, 0.6) is 5.75 Å². The van der Waals surface area contributed by atoms with Crippen molar-refractivity contribution in [3.05, 3.63) is 35.8 Å². The maximum absolute atomic E-state index is 12.3. The third-order valence-corrected chi connectivity index (χ3v) is 3.01. The maximum Gasteiger partial charge on any atom is 0.339 e. The molecule has 0 aliphatic carbocycles. The minimum absolute atomic E-state index is 0.0417. The second-order valence-corrected chi connectivity index (χ2v) is 5.33. The summed E-state index contributed by atoms with van der Waals surface area (Å²) in [6.07, 6.45) is 2.75. The van der Waals surface area contributed by atoms with Gasteiger partial charge in [-0.3, -0.25) is 9.48 Å². The van der Waals surface area contributed by atoms with E-state index in [1.54, 1.807) is 10.7 Å². The van der Waals surface area contributed by atoms with Crippen molar-refractivity contribution in [2.75, 3.05) is 12.4 Å². The number of methoxy groups -OCH3 is 1. The molecule has 0 spiro atoms. The first-order chi connectivity index (χ1) is 10.9. The smallest absolute Gasteiger partial charge is 0.339 e. The number of amides is 1. The summed E-state index contributed by atoms with van der Waals surface area (Å²) in [6, 6.07) is 2.76. The van der Waals surface area contributed by atoms with E-state index in [1.165, 1.54) is 25.6 Å². The van der Waals surface area contributed by atoms with Crippen LogP contribution in [0, 0.1) is 5.92 Å². The molecule has 2 rings (SSSR count). The molecule has 0 aromatic carbocycles. The molecule has 0 aliphatic heterocycles. The Labute approximate surface area is 133 Å². The molecule has 0 bridgehead atoms. The number of rotatable bonds is 5. The van der Waals surface area contributed by atoms with Gasteiger partial charge in [0.2, 0.25) is 0 Å². The SMILES string of the molecule is COC(=O)c1cnc(NC(=O)c2ccnn2CC(C)C)c(O)c1. The van der Waals surface area contributed by atoms with Crippen LogP contribution < -0.4 is 5.32 Å². The first-order valence-electron chi connectivity index (χ1n) is 7.03. The van der Waals surface area contributed by atoms with E-state index >= 15 is 0 Å². The summed E-state index contributed by atoms with van der Waals surface area (Å²) in [5, 5.41) is 16.5. The second-order valence-electron chi connectivity index (χ2n) is 5.33. The van der Waals surface area contributed by atoms with E-state index in [1.807, 2.05) is 13.8 Å². The number of aromatic nitrogens is 3. The van der Waals surface area contributed by atoms with Crippen LogP contribution in [0.15, 0.2) is 24.5 Å². The zero-order chi connectivity index (χ0) is 17.0. The molecule has 2 N–H and O–H groups in total. The van der Waals surface area contributed by atoms with Gasteiger partial charge in [-0.15, -0.1) is 0 Å². The minimum Gasteiger partial charge on any atom is -0.504 e. The van der Waals surface area contributed by atoms with Crippen molar-refractivity contribution in [1.82, 2.24) is 14.8 Å². The Hall–Kier alpha value is -2.90. The van der Waals surface area contributed by atoms with Gasteiger partial charge in [-0.2, -0.15) is 5.10 Å². The fourth-order valence-electron chi connectivity index (χ4n) is 1.97. The van der Waals surface area contributed by atoms with Crippen LogP contribution in [-0.4, -0.2) is 38.9 Å². The van der Waals surface area contributed by atoms with E-state index in [4.69, 9.17) is 0 Å². The van der Waals surface area contributed by atoms with Crippen molar-refractivity contribution in [1.29, 1.82) is 0 Å². The molecule has 2 aromatic rings. The molecule has 0 fully saturated rings. The van der Waals surface area contributed by atoms with Crippen molar-refractivity contribution in [2.24, 2.45) is 5.92 Å². The number of aromatic hydroxyl groups is 1. The van der Waals surface area contributed by atoms with Gasteiger partial charge in [-0.25, -0.2) is 9.78 Å². The summed E-state index contributed by atoms with van der Waals surface area (Å²) < 4.78 is 6.12. The van der Waals surface area contributed by atoms with Crippen molar-refractivity contribution in [3.8, 4) is 5.75 Å². The van der Waals surface area contributed by atoms with Crippen LogP contribution >= 0.6 is 0 Å². The van der Waals surface area contributed by atoms with Crippen molar-refractivity contribution < 1.29 is 19.4 Å². The minimum atomic E-state index is -0.624. The quantitative estimate of drug-likeness (QED) is 0.812. The number of nitrogens with one attached hydrogen (secondary N) is 1. The summed E-state index contributed by atoms with van der Waals surface area (Å²) in [5.41, 5.74) is 0.449. The number of hydrogen-bond donors (Lipinski definition) is 2. The summed E-state index contributed by atoms with van der Waals surface area (Å²) in [7, 11) is 1.23. The highest BCUT2D eigenvalue weighted by Gasteiger charge is 2.17. The lowest BCUT2D eigenvalue weighted by molar-refractivity contribution is 0.0599. The molecule has 8 heteroatoms. The van der Waals surface area contributed by atoms with E-state index < -0.39 is 11.9 Å². The lowest BCUT2D eigenvalue weighted by atomic mass is 10.2. The van der Waals surface area contributed by atoms with Gasteiger partial charge in [0.05, 0.1) is 12.7 Å². The number of anilines is 1. The number of carbonyl (C=O) groups excluding carboxylic acids is 2. The van der Waals surface area contributed by atoms with Gasteiger partial charge in [0.25, 0.3) is 5.91 Å². The number of hydrogen-bond acceptors (Lipinski definition) is 6. The Morgan fingerprint density at radius 3 is 2.78 bits per heavy atom. The molecule has 0 saturated heterocycles. The standard InChI is InChI=1S/C15H18N4O4/c1-9(2)8-19-11(4-5-17-19)14(21)18-13-12(20)6-10(7-16-13)15(22)23-3/h4-7,9,20H,8H2,1-3H3,(H,16,18,21). The molecular formula is C15H18N4O4. The van der Waals surface area contributed by atoms with E-state index in [0.29, 0.717) is 18.2 Å². The predicted molar refractivity (Wildman–Crippen MR) is 82.3 cm³/mol. The molecule has 8 nitrogen and oxygen atoms in total. The molecule has 23 heavy (non-hydrogen) atoms. The molecule has 0 radical (unpaired) electrons. The summed E-state index contributed by atoms with van der Waals surface area (Å²) >= 11 is 0. The Kier molecular flexibility index (Phi) is 4.95. The molecule has 1 amide bonds. The number of esters is 1. The first-order valence-corrected chi connectivity index (χ1v) is 7.03. The molecular weight excluding hydrogens is 300 g/mol. The maximum atomic E-state index is 12.3. The van der Waals surface area contributed by atoms with Crippen molar-refractivity contribution >= 4 is 17.7 Å². The highest BCUT2D eigenvalue weighted by Crippen LogP contribution is 2.22. The summed E-state index contributed by atoms with van der Waals surface area (Å²) in [4.78, 5) is 27.5. The Morgan fingerprint density at radius 1 is 1.43 bits per heavy atom. The Morgan fingerprint density at radius 2 is 2.17 bits per heavy atom. The zero-order valence-corrected chi connectivity index (χ0v) is 13.1. The molecule has 0 unspecified atom stereocenters. The number of carbonyl (C=O) groups is 2. The van der Waals surface area contributed by atoms with Gasteiger partial charge in [-0.1, -0.05) is 13.8 Å². The molecule has 0 aliphatic rings. The highest BCUT2D eigenvalue weighted by atomic mass is 16.5. The topological polar surface area (TPSA) is 106 Å². The fourth-order valence-corrected chi connectivity index (χ4v) is 1.97. The number of pyridine rings is 1. The molecule has 122 valence electrons. The van der Waals surface area contributed by atoms with Gasteiger partial charge in [-0.05, 0) is 18.1 Å². The molecule has 0 saturated carbocycles. The average molecular weight is 318 g/mol. The van der Waals surface area contributed by atoms with Crippen LogP contribution in [0.1, 0.15) is 34.7 Å². The van der Waals surface area contributed by atoms with E-state index in [9.17, 15) is 14.7 Å². The van der Waals surface area contributed by atoms with Crippen LogP contribution in [0.3, 0.4) is 0 Å². The van der Waals surface area contributed by atoms with Gasteiger partial charge in [0, 0.05) is 18.9 Å². The number of nitrogens with zero attached hydrogens (tertiary/aromatic N) is 3. The van der Waals surface area contributed by atoms with Gasteiger partial charge in [0.15, 0.2) is 11.6 Å². The van der Waals surface area contributed by atoms with E-state index in [0.717, 1.165) is 0 Å². The lowest BCUT2D eigenvalue weighted by Gasteiger charge is -2.11. The normalized spacial score (nSPS) is 10.6. The van der Waals surface area contributed by atoms with Crippen molar-refractivity contribution in [3.63, 3.8) is 0 Å². The second kappa shape index (κ2) is 6.91. The van der Waals surface area contributed by atoms with Crippen molar-refractivity contribution in [2.45, 2.75) is 20.4 Å². The summed E-state index contributed by atoms with van der Waals surface area (Å²) in [5.74, 6) is -1.11. The average Bonchev–Trinajstić information content (AvgIpc) is 2.95. The monoisotopic (exact) mass is 318 g/mol.